The van der Waals surface area contributed by atoms with E-state index >= 15 is 0 Å². The maximum absolute atomic E-state index is 9.16. The maximum Gasteiger partial charge on any atom is 0.433 e. The smallest absolute Gasteiger partial charge is 0.433 e. The van der Waals surface area contributed by atoms with Gasteiger partial charge in [0.05, 0.1) is 19.8 Å². The van der Waals surface area contributed by atoms with E-state index in [-0.39, 0.29) is 0 Å². The molecule has 0 amide bonds. The van der Waals surface area contributed by atoms with Crippen molar-refractivity contribution < 1.29 is 9.47 Å². The molecule has 20 heavy (non-hydrogen) atoms. The molecule has 0 radical (unpaired) electrons. The minimum Gasteiger partial charge on any atom is -0.497 e. The second-order valence-electron chi connectivity index (χ2n) is 4.11. The van der Waals surface area contributed by atoms with Gasteiger partial charge in [0.2, 0.25) is 11.1 Å². The molecule has 0 aromatic heterocycles. The SMILES string of the molecule is COc1cc(C=Cc2ccccc2)c([N+]#N)c(OC)c1. The van der Waals surface area contributed by atoms with Crippen molar-refractivity contribution in [1.82, 2.24) is 0 Å². The van der Waals surface area contributed by atoms with E-state index in [0.717, 1.165) is 5.56 Å². The van der Waals surface area contributed by atoms with E-state index in [1.807, 2.05) is 42.5 Å². The fourth-order valence-electron chi connectivity index (χ4n) is 1.86. The van der Waals surface area contributed by atoms with Crippen LogP contribution in [-0.4, -0.2) is 14.2 Å². The van der Waals surface area contributed by atoms with Gasteiger partial charge in [-0.2, -0.15) is 0 Å². The van der Waals surface area contributed by atoms with Crippen molar-refractivity contribution in [3.63, 3.8) is 0 Å². The Balaban J connectivity index is 2.45. The molecule has 2 aromatic rings. The largest absolute Gasteiger partial charge is 0.497 e. The zero-order valence-electron chi connectivity index (χ0n) is 11.4. The Labute approximate surface area is 117 Å². The van der Waals surface area contributed by atoms with E-state index in [4.69, 9.17) is 14.9 Å². The van der Waals surface area contributed by atoms with Crippen molar-refractivity contribution in [2.45, 2.75) is 0 Å². The minimum absolute atomic E-state index is 0.375. The molecule has 0 fully saturated rings. The molecule has 4 nitrogen and oxygen atoms in total. The standard InChI is InChI=1S/C16H15N2O2/c1-19-14-10-13(16(18-17)15(11-14)20-2)9-8-12-6-4-3-5-7-12/h3-11H,1-2H3/q+1. The van der Waals surface area contributed by atoms with Crippen LogP contribution in [0.3, 0.4) is 0 Å². The summed E-state index contributed by atoms with van der Waals surface area (Å²) < 4.78 is 10.4. The highest BCUT2D eigenvalue weighted by molar-refractivity contribution is 5.81. The van der Waals surface area contributed by atoms with Crippen LogP contribution in [0.1, 0.15) is 11.1 Å². The van der Waals surface area contributed by atoms with E-state index in [2.05, 4.69) is 4.98 Å². The third-order valence-corrected chi connectivity index (χ3v) is 2.89. The van der Waals surface area contributed by atoms with Gasteiger partial charge in [-0.15, -0.1) is 0 Å². The van der Waals surface area contributed by atoms with Crippen LogP contribution in [0.5, 0.6) is 11.5 Å². The van der Waals surface area contributed by atoms with Crippen LogP contribution in [0.2, 0.25) is 0 Å². The average molecular weight is 267 g/mol. The lowest BCUT2D eigenvalue weighted by Gasteiger charge is -2.03. The molecule has 0 spiro atoms. The van der Waals surface area contributed by atoms with Crippen LogP contribution in [0.15, 0.2) is 42.5 Å². The van der Waals surface area contributed by atoms with Gasteiger partial charge in [-0.25, -0.2) is 0 Å². The van der Waals surface area contributed by atoms with E-state index in [1.54, 1.807) is 19.2 Å². The Morgan fingerprint density at radius 1 is 1.00 bits per heavy atom. The summed E-state index contributed by atoms with van der Waals surface area (Å²) in [7, 11) is 3.10. The van der Waals surface area contributed by atoms with Gasteiger partial charge in [0.1, 0.15) is 5.75 Å². The van der Waals surface area contributed by atoms with Crippen molar-refractivity contribution in [2.24, 2.45) is 0 Å². The number of diazo groups is 1. The normalized spacial score (nSPS) is 10.2. The zero-order valence-corrected chi connectivity index (χ0v) is 11.4. The predicted molar refractivity (Wildman–Crippen MR) is 79.7 cm³/mol. The Morgan fingerprint density at radius 2 is 1.75 bits per heavy atom. The first-order chi connectivity index (χ1) is 9.78. The number of benzene rings is 2. The average Bonchev–Trinajstić information content (AvgIpc) is 2.52. The Hall–Kier alpha value is -2.80. The van der Waals surface area contributed by atoms with Crippen LogP contribution >= 0.6 is 0 Å². The molecule has 0 bridgehead atoms. The van der Waals surface area contributed by atoms with Gasteiger partial charge in [0, 0.05) is 6.07 Å². The molecule has 0 unspecified atom stereocenters. The lowest BCUT2D eigenvalue weighted by atomic mass is 10.1. The first-order valence-corrected chi connectivity index (χ1v) is 6.12. The minimum atomic E-state index is 0.375. The van der Waals surface area contributed by atoms with E-state index in [0.29, 0.717) is 22.7 Å². The molecule has 0 aliphatic carbocycles. The lowest BCUT2D eigenvalue weighted by molar-refractivity contribution is 0.396. The quantitative estimate of drug-likeness (QED) is 0.610. The topological polar surface area (TPSA) is 46.6 Å². The predicted octanol–water partition coefficient (Wildman–Crippen LogP) is 4.36. The Kier molecular flexibility index (Phi) is 4.35. The summed E-state index contributed by atoms with van der Waals surface area (Å²) in [4.78, 5) is 3.30. The third kappa shape index (κ3) is 2.96. The highest BCUT2D eigenvalue weighted by atomic mass is 16.5. The first-order valence-electron chi connectivity index (χ1n) is 6.12. The van der Waals surface area contributed by atoms with Gasteiger partial charge in [0.25, 0.3) is 0 Å². The van der Waals surface area contributed by atoms with Crippen molar-refractivity contribution in [1.29, 1.82) is 5.39 Å². The number of nitrogens with zero attached hydrogens (tertiary/aromatic N) is 2. The summed E-state index contributed by atoms with van der Waals surface area (Å²) in [6.07, 6.45) is 3.79. The van der Waals surface area contributed by atoms with Crippen LogP contribution in [0, 0.1) is 5.39 Å². The Bertz CT molecular complexity index is 658. The van der Waals surface area contributed by atoms with Crippen molar-refractivity contribution in [3.8, 4) is 11.5 Å². The molecule has 4 heteroatoms. The molecule has 0 atom stereocenters. The van der Waals surface area contributed by atoms with E-state index in [1.165, 1.54) is 7.11 Å². The van der Waals surface area contributed by atoms with Crippen LogP contribution in [0.4, 0.5) is 5.69 Å². The van der Waals surface area contributed by atoms with Crippen LogP contribution in [0.25, 0.3) is 17.1 Å². The van der Waals surface area contributed by atoms with Gasteiger partial charge in [-0.05, 0) is 17.7 Å². The van der Waals surface area contributed by atoms with Gasteiger partial charge in [-0.1, -0.05) is 36.4 Å². The van der Waals surface area contributed by atoms with E-state index in [9.17, 15) is 0 Å². The summed E-state index contributed by atoms with van der Waals surface area (Å²) in [5.74, 6) is 1.10. The van der Waals surface area contributed by atoms with Crippen molar-refractivity contribution in [2.75, 3.05) is 14.2 Å². The Morgan fingerprint density at radius 3 is 2.35 bits per heavy atom. The summed E-state index contributed by atoms with van der Waals surface area (Å²) >= 11 is 0. The third-order valence-electron chi connectivity index (χ3n) is 2.89. The molecule has 2 rings (SSSR count). The van der Waals surface area contributed by atoms with Gasteiger partial charge >= 0.3 is 5.69 Å². The second-order valence-corrected chi connectivity index (χ2v) is 4.11. The first kappa shape index (κ1) is 13.6. The molecule has 0 saturated carbocycles. The summed E-state index contributed by atoms with van der Waals surface area (Å²) in [6.45, 7) is 0. The number of hydrogen-bond donors (Lipinski definition) is 0. The molecule has 0 heterocycles. The molecule has 0 saturated heterocycles. The van der Waals surface area contributed by atoms with Gasteiger partial charge in [0.15, 0.2) is 4.98 Å². The van der Waals surface area contributed by atoms with Gasteiger partial charge in [-0.3, -0.25) is 0 Å². The van der Waals surface area contributed by atoms with Crippen molar-refractivity contribution >= 4 is 17.8 Å². The zero-order chi connectivity index (χ0) is 14.4. The van der Waals surface area contributed by atoms with Crippen molar-refractivity contribution in [3.05, 3.63) is 58.6 Å². The highest BCUT2D eigenvalue weighted by Crippen LogP contribution is 2.36. The molecule has 0 aliphatic heterocycles. The molecular weight excluding hydrogens is 252 g/mol. The number of ether oxygens (including phenoxy) is 2. The van der Waals surface area contributed by atoms with Crippen LogP contribution < -0.4 is 9.47 Å². The summed E-state index contributed by atoms with van der Waals surface area (Å²) in [5, 5.41) is 9.16. The fraction of sp³-hybridized carbons (Fsp3) is 0.125. The summed E-state index contributed by atoms with van der Waals surface area (Å²) in [6, 6.07) is 13.3. The highest BCUT2D eigenvalue weighted by Gasteiger charge is 2.21. The molecule has 100 valence electrons. The van der Waals surface area contributed by atoms with Crippen LogP contribution in [-0.2, 0) is 0 Å². The second kappa shape index (κ2) is 6.39. The maximum atomic E-state index is 9.16. The monoisotopic (exact) mass is 267 g/mol. The molecule has 0 N–H and O–H groups in total. The fourth-order valence-corrected chi connectivity index (χ4v) is 1.86. The number of hydrogen-bond acceptors (Lipinski definition) is 3. The molecule has 2 aromatic carbocycles. The number of methoxy groups -OCH3 is 2. The lowest BCUT2D eigenvalue weighted by Crippen LogP contribution is -1.89. The van der Waals surface area contributed by atoms with Gasteiger partial charge < -0.3 is 9.47 Å². The van der Waals surface area contributed by atoms with E-state index < -0.39 is 0 Å². The molecule has 0 aliphatic rings. The molecular formula is C16H15N2O2+. The summed E-state index contributed by atoms with van der Waals surface area (Å²) in [5.41, 5.74) is 2.14. The number of rotatable bonds is 4.